The van der Waals surface area contributed by atoms with Crippen molar-refractivity contribution in [1.29, 1.82) is 0 Å². The van der Waals surface area contributed by atoms with E-state index in [-0.39, 0.29) is 28.2 Å². The van der Waals surface area contributed by atoms with Crippen LogP contribution in [0.15, 0.2) is 59.2 Å². The number of anilines is 2. The number of esters is 1. The van der Waals surface area contributed by atoms with Crippen LogP contribution in [-0.2, 0) is 0 Å². The van der Waals surface area contributed by atoms with Gasteiger partial charge in [-0.05, 0) is 78.7 Å². The summed E-state index contributed by atoms with van der Waals surface area (Å²) >= 11 is 3.28. The highest BCUT2D eigenvalue weighted by Crippen LogP contribution is 2.47. The molecule has 2 unspecified atom stereocenters. The topological polar surface area (TPSA) is 109 Å². The highest BCUT2D eigenvalue weighted by molar-refractivity contribution is 9.10. The number of nitrogens with zero attached hydrogens (tertiary/aromatic N) is 1. The first-order valence-corrected chi connectivity index (χ1v) is 12.1. The Morgan fingerprint density at radius 2 is 1.97 bits per heavy atom. The molecule has 1 fully saturated rings. The van der Waals surface area contributed by atoms with Gasteiger partial charge in [0.1, 0.15) is 17.4 Å². The molecular weight excluding hydrogens is 531 g/mol. The van der Waals surface area contributed by atoms with Crippen molar-refractivity contribution in [2.24, 2.45) is 0 Å². The maximum absolute atomic E-state index is 15.0. The fourth-order valence-electron chi connectivity index (χ4n) is 3.86. The van der Waals surface area contributed by atoms with Crippen molar-refractivity contribution >= 4 is 45.2 Å². The summed E-state index contributed by atoms with van der Waals surface area (Å²) in [5.41, 5.74) is 1.17. The number of hydrogen-bond donors (Lipinski definition) is 3. The van der Waals surface area contributed by atoms with Crippen LogP contribution in [0.1, 0.15) is 52.5 Å². The third-order valence-electron chi connectivity index (χ3n) is 5.64. The van der Waals surface area contributed by atoms with Gasteiger partial charge in [-0.1, -0.05) is 6.07 Å². The standard InChI is InChI=1S/C26H24BrFN4O4/c1-3-29-17-6-4-5-15(11-17)25(34)36-24-18(14(2)33)8-9-20(28)23(24)19-12-21(19)31-26(35)32-22-10-7-16(27)13-30-22/h4-11,13,19,21,29H,3,12H2,1-2H3,(H2,30,31,32,35). The average molecular weight is 555 g/mol. The molecule has 10 heteroatoms. The van der Waals surface area contributed by atoms with E-state index in [9.17, 15) is 14.4 Å². The van der Waals surface area contributed by atoms with Crippen LogP contribution in [0.5, 0.6) is 5.75 Å². The number of nitrogens with one attached hydrogen (secondary N) is 3. The van der Waals surface area contributed by atoms with Gasteiger partial charge in [0, 0.05) is 40.4 Å². The molecule has 0 bridgehead atoms. The molecule has 4 rings (SSSR count). The Morgan fingerprint density at radius 1 is 1.17 bits per heavy atom. The molecule has 0 radical (unpaired) electrons. The molecule has 1 aliphatic carbocycles. The second-order valence-corrected chi connectivity index (χ2v) is 9.22. The van der Waals surface area contributed by atoms with Crippen LogP contribution < -0.4 is 20.7 Å². The minimum atomic E-state index is -0.715. The van der Waals surface area contributed by atoms with Gasteiger partial charge < -0.3 is 15.4 Å². The summed E-state index contributed by atoms with van der Waals surface area (Å²) in [6, 6.07) is 11.7. The van der Waals surface area contributed by atoms with Gasteiger partial charge in [0.15, 0.2) is 5.78 Å². The first kappa shape index (κ1) is 25.3. The van der Waals surface area contributed by atoms with Gasteiger partial charge in [0.2, 0.25) is 0 Å². The molecule has 2 aromatic carbocycles. The molecule has 186 valence electrons. The highest BCUT2D eigenvalue weighted by Gasteiger charge is 2.44. The molecule has 0 saturated heterocycles. The van der Waals surface area contributed by atoms with E-state index in [1.807, 2.05) is 13.0 Å². The fourth-order valence-corrected chi connectivity index (χ4v) is 4.10. The van der Waals surface area contributed by atoms with E-state index in [0.717, 1.165) is 10.2 Å². The van der Waals surface area contributed by atoms with Gasteiger partial charge in [-0.15, -0.1) is 0 Å². The molecule has 3 N–H and O–H groups in total. The number of ether oxygens (including phenoxy) is 1. The number of Topliss-reactive ketones (excluding diaryl/α,β-unsaturated/α-hetero) is 1. The van der Waals surface area contributed by atoms with Crippen LogP contribution in [0.3, 0.4) is 0 Å². The summed E-state index contributed by atoms with van der Waals surface area (Å²) in [6.45, 7) is 3.92. The molecule has 2 atom stereocenters. The van der Waals surface area contributed by atoms with E-state index in [0.29, 0.717) is 18.8 Å². The second-order valence-electron chi connectivity index (χ2n) is 8.30. The number of pyridine rings is 1. The Balaban J connectivity index is 1.54. The molecular formula is C26H24BrFN4O4. The van der Waals surface area contributed by atoms with E-state index in [4.69, 9.17) is 4.74 Å². The maximum Gasteiger partial charge on any atom is 0.343 e. The number of ketones is 1. The monoisotopic (exact) mass is 554 g/mol. The van der Waals surface area contributed by atoms with Crippen LogP contribution in [0.25, 0.3) is 0 Å². The zero-order valence-corrected chi connectivity index (χ0v) is 21.2. The summed E-state index contributed by atoms with van der Waals surface area (Å²) in [5.74, 6) is -1.94. The fraction of sp³-hybridized carbons (Fsp3) is 0.231. The molecule has 0 aliphatic heterocycles. The average Bonchev–Trinajstić information content (AvgIpc) is 3.59. The first-order valence-electron chi connectivity index (χ1n) is 11.3. The van der Waals surface area contributed by atoms with Crippen LogP contribution >= 0.6 is 15.9 Å². The lowest BCUT2D eigenvalue weighted by Gasteiger charge is -2.15. The molecule has 8 nitrogen and oxygen atoms in total. The van der Waals surface area contributed by atoms with Crippen LogP contribution in [0, 0.1) is 5.82 Å². The quantitative estimate of drug-likeness (QED) is 0.192. The Kier molecular flexibility index (Phi) is 7.64. The number of carbonyl (C=O) groups excluding carboxylic acids is 3. The SMILES string of the molecule is CCNc1cccc(C(=O)Oc2c(C(C)=O)ccc(F)c2C2CC2NC(=O)Nc2ccc(Br)cn2)c1. The predicted octanol–water partition coefficient (Wildman–Crippen LogP) is 5.51. The Bertz CT molecular complexity index is 1320. The summed E-state index contributed by atoms with van der Waals surface area (Å²) in [7, 11) is 0. The van der Waals surface area contributed by atoms with Crippen LogP contribution in [0.2, 0.25) is 0 Å². The van der Waals surface area contributed by atoms with Gasteiger partial charge >= 0.3 is 12.0 Å². The van der Waals surface area contributed by atoms with Crippen molar-refractivity contribution in [2.75, 3.05) is 17.2 Å². The van der Waals surface area contributed by atoms with Crippen molar-refractivity contribution in [2.45, 2.75) is 32.2 Å². The second kappa shape index (κ2) is 10.9. The number of hydrogen-bond acceptors (Lipinski definition) is 6. The van der Waals surface area contributed by atoms with Crippen molar-refractivity contribution < 1.29 is 23.5 Å². The number of rotatable bonds is 8. The number of halogens is 2. The minimum absolute atomic E-state index is 0.0888. The molecule has 1 aromatic heterocycles. The molecule has 1 aliphatic rings. The molecule has 1 saturated carbocycles. The zero-order valence-electron chi connectivity index (χ0n) is 19.6. The van der Waals surface area contributed by atoms with E-state index < -0.39 is 29.8 Å². The smallest absolute Gasteiger partial charge is 0.343 e. The van der Waals surface area contributed by atoms with Crippen LogP contribution in [-0.4, -0.2) is 35.4 Å². The lowest BCUT2D eigenvalue weighted by atomic mass is 10.0. The third kappa shape index (κ3) is 5.88. The van der Waals surface area contributed by atoms with Gasteiger partial charge in [-0.3, -0.25) is 10.1 Å². The first-order chi connectivity index (χ1) is 17.3. The lowest BCUT2D eigenvalue weighted by molar-refractivity contribution is 0.0730. The number of benzene rings is 2. The number of urea groups is 1. The van der Waals surface area contributed by atoms with Gasteiger partial charge in [0.25, 0.3) is 0 Å². The van der Waals surface area contributed by atoms with Gasteiger partial charge in [0.05, 0.1) is 11.1 Å². The van der Waals surface area contributed by atoms with E-state index in [2.05, 4.69) is 36.9 Å². The normalized spacial score (nSPS) is 16.1. The summed E-state index contributed by atoms with van der Waals surface area (Å²) in [6.07, 6.45) is 1.97. The predicted molar refractivity (Wildman–Crippen MR) is 137 cm³/mol. The number of amides is 2. The maximum atomic E-state index is 15.0. The minimum Gasteiger partial charge on any atom is -0.422 e. The zero-order chi connectivity index (χ0) is 25.8. The van der Waals surface area contributed by atoms with Crippen molar-refractivity contribution in [3.8, 4) is 5.75 Å². The Hall–Kier alpha value is -3.79. The van der Waals surface area contributed by atoms with Gasteiger partial charge in [-0.25, -0.2) is 19.0 Å². The third-order valence-corrected chi connectivity index (χ3v) is 6.11. The molecule has 2 amide bonds. The van der Waals surface area contributed by atoms with E-state index in [1.165, 1.54) is 19.1 Å². The Morgan fingerprint density at radius 3 is 2.67 bits per heavy atom. The largest absolute Gasteiger partial charge is 0.422 e. The van der Waals surface area contributed by atoms with E-state index >= 15 is 4.39 Å². The number of aromatic nitrogens is 1. The molecule has 1 heterocycles. The highest BCUT2D eigenvalue weighted by atomic mass is 79.9. The van der Waals surface area contributed by atoms with Crippen molar-refractivity contribution in [3.63, 3.8) is 0 Å². The van der Waals surface area contributed by atoms with Crippen molar-refractivity contribution in [1.82, 2.24) is 10.3 Å². The molecule has 0 spiro atoms. The summed E-state index contributed by atoms with van der Waals surface area (Å²) in [4.78, 5) is 41.8. The Labute approximate surface area is 215 Å². The lowest BCUT2D eigenvalue weighted by Crippen LogP contribution is -2.31. The van der Waals surface area contributed by atoms with E-state index in [1.54, 1.807) is 36.5 Å². The summed E-state index contributed by atoms with van der Waals surface area (Å²) < 4.78 is 21.4. The molecule has 3 aromatic rings. The van der Waals surface area contributed by atoms with Crippen LogP contribution in [0.4, 0.5) is 20.7 Å². The van der Waals surface area contributed by atoms with Gasteiger partial charge in [-0.2, -0.15) is 0 Å². The van der Waals surface area contributed by atoms with Crippen molar-refractivity contribution in [3.05, 3.63) is 81.7 Å². The summed E-state index contributed by atoms with van der Waals surface area (Å²) in [5, 5.41) is 8.51. The number of carbonyl (C=O) groups is 3. The molecule has 36 heavy (non-hydrogen) atoms.